The van der Waals surface area contributed by atoms with Gasteiger partial charge in [-0.25, -0.2) is 0 Å². The van der Waals surface area contributed by atoms with E-state index < -0.39 is 0 Å². The van der Waals surface area contributed by atoms with Crippen LogP contribution in [0.2, 0.25) is 0 Å². The zero-order valence-corrected chi connectivity index (χ0v) is 15.0. The predicted octanol–water partition coefficient (Wildman–Crippen LogP) is 2.89. The molecule has 1 unspecified atom stereocenters. The molecule has 3 aliphatic rings. The number of nitrogens with zero attached hydrogens (tertiary/aromatic N) is 3. The van der Waals surface area contributed by atoms with Crippen LogP contribution in [0, 0.1) is 5.92 Å². The van der Waals surface area contributed by atoms with Gasteiger partial charge in [-0.05, 0) is 56.1 Å². The van der Waals surface area contributed by atoms with Gasteiger partial charge in [0.05, 0.1) is 16.9 Å². The van der Waals surface area contributed by atoms with E-state index >= 15 is 0 Å². The maximum Gasteiger partial charge on any atom is 0.260 e. The van der Waals surface area contributed by atoms with Crippen molar-refractivity contribution in [2.45, 2.75) is 18.9 Å². The third-order valence-electron chi connectivity index (χ3n) is 6.05. The molecule has 0 spiro atoms. The number of halogens is 1. The predicted molar refractivity (Wildman–Crippen MR) is 102 cm³/mol. The van der Waals surface area contributed by atoms with Crippen molar-refractivity contribution in [1.82, 2.24) is 14.0 Å². The summed E-state index contributed by atoms with van der Waals surface area (Å²) in [6.45, 7) is 3.31. The van der Waals surface area contributed by atoms with Gasteiger partial charge < -0.3 is 19.1 Å². The van der Waals surface area contributed by atoms with Gasteiger partial charge in [0.1, 0.15) is 5.75 Å². The zero-order chi connectivity index (χ0) is 16.4. The minimum absolute atomic E-state index is 0. The van der Waals surface area contributed by atoms with Crippen LogP contribution in [-0.4, -0.2) is 38.8 Å². The molecule has 1 atom stereocenters. The van der Waals surface area contributed by atoms with Crippen molar-refractivity contribution in [2.75, 3.05) is 19.6 Å². The van der Waals surface area contributed by atoms with Gasteiger partial charge in [0.15, 0.2) is 0 Å². The van der Waals surface area contributed by atoms with Crippen molar-refractivity contribution in [1.29, 1.82) is 0 Å². The lowest BCUT2D eigenvalue weighted by molar-refractivity contribution is 0.0556. The molecule has 25 heavy (non-hydrogen) atoms. The number of piperidine rings is 3. The monoisotopic (exact) mass is 359 g/mol. The second-order valence-corrected chi connectivity index (χ2v) is 7.25. The maximum absolute atomic E-state index is 13.3. The lowest BCUT2D eigenvalue weighted by Gasteiger charge is -2.45. The van der Waals surface area contributed by atoms with E-state index in [2.05, 4.69) is 4.90 Å². The summed E-state index contributed by atoms with van der Waals surface area (Å²) in [7, 11) is 1.97. The Morgan fingerprint density at radius 3 is 2.56 bits per heavy atom. The zero-order valence-electron chi connectivity index (χ0n) is 14.2. The number of pyridine rings is 1. The minimum atomic E-state index is 0. The number of hydrogen-bond donors (Lipinski definition) is 1. The molecule has 0 radical (unpaired) electrons. The number of phenols is 1. The summed E-state index contributed by atoms with van der Waals surface area (Å²) < 4.78 is 3.98. The molecular formula is C19H22ClN3O2. The van der Waals surface area contributed by atoms with Crippen LogP contribution in [0.5, 0.6) is 5.75 Å². The van der Waals surface area contributed by atoms with E-state index in [0.717, 1.165) is 28.4 Å². The van der Waals surface area contributed by atoms with Crippen molar-refractivity contribution < 1.29 is 5.11 Å². The average molecular weight is 360 g/mol. The number of aromatic hydroxyl groups is 1. The van der Waals surface area contributed by atoms with E-state index in [1.807, 2.05) is 34.5 Å². The molecule has 1 aromatic carbocycles. The van der Waals surface area contributed by atoms with Crippen LogP contribution in [0.3, 0.4) is 0 Å². The van der Waals surface area contributed by atoms with E-state index in [4.69, 9.17) is 0 Å². The van der Waals surface area contributed by atoms with Crippen molar-refractivity contribution in [3.05, 3.63) is 40.8 Å². The van der Waals surface area contributed by atoms with Gasteiger partial charge >= 0.3 is 0 Å². The second-order valence-electron chi connectivity index (χ2n) is 7.25. The molecule has 0 amide bonds. The molecule has 5 heterocycles. The summed E-state index contributed by atoms with van der Waals surface area (Å²) >= 11 is 0. The van der Waals surface area contributed by atoms with Gasteiger partial charge in [-0.3, -0.25) is 4.79 Å². The summed E-state index contributed by atoms with van der Waals surface area (Å²) in [5, 5.41) is 11.4. The van der Waals surface area contributed by atoms with Gasteiger partial charge in [0.25, 0.3) is 5.56 Å². The molecule has 2 aromatic heterocycles. The van der Waals surface area contributed by atoms with Gasteiger partial charge in [0.2, 0.25) is 0 Å². The largest absolute Gasteiger partial charge is 0.508 e. The summed E-state index contributed by atoms with van der Waals surface area (Å²) in [4.78, 5) is 15.8. The fraction of sp³-hybridized carbons (Fsp3) is 0.421. The Hall–Kier alpha value is -1.98. The summed E-state index contributed by atoms with van der Waals surface area (Å²) in [6, 6.07) is 7.58. The van der Waals surface area contributed by atoms with E-state index in [9.17, 15) is 9.90 Å². The summed E-state index contributed by atoms with van der Waals surface area (Å²) in [5.41, 5.74) is 1.98. The lowest BCUT2D eigenvalue weighted by atomic mass is 9.84. The van der Waals surface area contributed by atoms with Crippen molar-refractivity contribution in [2.24, 2.45) is 13.0 Å². The number of aromatic nitrogens is 2. The Balaban J connectivity index is 0.00000157. The summed E-state index contributed by atoms with van der Waals surface area (Å²) in [5.74, 6) is 0.807. The van der Waals surface area contributed by atoms with Crippen LogP contribution in [0.15, 0.2) is 35.3 Å². The van der Waals surface area contributed by atoms with Gasteiger partial charge in [-0.1, -0.05) is 0 Å². The first kappa shape index (κ1) is 16.5. The molecule has 3 aliphatic heterocycles. The van der Waals surface area contributed by atoms with E-state index in [1.165, 1.54) is 25.9 Å². The Morgan fingerprint density at radius 2 is 1.88 bits per heavy atom. The standard InChI is InChI=1S/C19H21N3O2.ClH/c1-20-15-3-2-13(23)10-14(15)18-16(20)6-9-22(19(18)24)17-11-21-7-4-12(17)5-8-21;/h2-3,6,9-10,12,17,23H,4-5,7-8,11H2,1H3;1H. The first-order chi connectivity index (χ1) is 11.6. The first-order valence-electron chi connectivity index (χ1n) is 8.68. The molecule has 1 N–H and O–H groups in total. The first-order valence-corrected chi connectivity index (χ1v) is 8.68. The number of phenolic OH excluding ortho intramolecular Hbond substituents is 1. The van der Waals surface area contributed by atoms with Crippen molar-refractivity contribution in [3.63, 3.8) is 0 Å². The fourth-order valence-electron chi connectivity index (χ4n) is 4.73. The van der Waals surface area contributed by atoms with Gasteiger partial charge in [-0.2, -0.15) is 0 Å². The van der Waals surface area contributed by atoms with Crippen molar-refractivity contribution >= 4 is 34.2 Å². The fourth-order valence-corrected chi connectivity index (χ4v) is 4.73. The quantitative estimate of drug-likeness (QED) is 0.726. The number of aryl methyl sites for hydroxylation is 1. The van der Waals surface area contributed by atoms with Crippen LogP contribution in [0.4, 0.5) is 0 Å². The Labute approximate surface area is 151 Å². The average Bonchev–Trinajstić information content (AvgIpc) is 2.89. The van der Waals surface area contributed by atoms with E-state index in [0.29, 0.717) is 5.92 Å². The highest BCUT2D eigenvalue weighted by molar-refractivity contribution is 6.07. The molecule has 3 fully saturated rings. The second kappa shape index (κ2) is 5.78. The molecular weight excluding hydrogens is 338 g/mol. The maximum atomic E-state index is 13.3. The lowest BCUT2D eigenvalue weighted by Crippen LogP contribution is -2.49. The molecule has 3 aromatic rings. The van der Waals surface area contributed by atoms with Crippen LogP contribution in [0.25, 0.3) is 21.8 Å². The SMILES string of the molecule is Cl.Cn1c2ccc(O)cc2c2c(=O)n(C3CN4CCC3CC4)ccc21. The van der Waals surface area contributed by atoms with Crippen LogP contribution < -0.4 is 5.56 Å². The van der Waals surface area contributed by atoms with Crippen LogP contribution in [0.1, 0.15) is 18.9 Å². The van der Waals surface area contributed by atoms with Crippen LogP contribution in [-0.2, 0) is 7.05 Å². The highest BCUT2D eigenvalue weighted by atomic mass is 35.5. The Bertz CT molecular complexity index is 1010. The Morgan fingerprint density at radius 1 is 1.12 bits per heavy atom. The highest BCUT2D eigenvalue weighted by Crippen LogP contribution is 2.36. The number of fused-ring (bicyclic) bond motifs is 6. The Kier molecular flexibility index (Phi) is 3.81. The van der Waals surface area contributed by atoms with Crippen molar-refractivity contribution in [3.8, 4) is 5.75 Å². The molecule has 6 rings (SSSR count). The number of rotatable bonds is 1. The third kappa shape index (κ3) is 2.29. The van der Waals surface area contributed by atoms with E-state index in [1.54, 1.807) is 12.1 Å². The number of benzene rings is 1. The normalized spacial score (nSPS) is 25.4. The minimum Gasteiger partial charge on any atom is -0.508 e. The molecule has 2 bridgehead atoms. The van der Waals surface area contributed by atoms with Gasteiger partial charge in [-0.15, -0.1) is 12.4 Å². The highest BCUT2D eigenvalue weighted by Gasteiger charge is 2.35. The molecule has 0 aliphatic carbocycles. The summed E-state index contributed by atoms with van der Waals surface area (Å²) in [6.07, 6.45) is 4.34. The molecule has 6 heteroatoms. The molecule has 132 valence electrons. The molecule has 3 saturated heterocycles. The molecule has 5 nitrogen and oxygen atoms in total. The smallest absolute Gasteiger partial charge is 0.260 e. The number of hydrogen-bond acceptors (Lipinski definition) is 3. The third-order valence-corrected chi connectivity index (χ3v) is 6.05. The topological polar surface area (TPSA) is 50.4 Å². The van der Waals surface area contributed by atoms with Crippen LogP contribution >= 0.6 is 12.4 Å². The van der Waals surface area contributed by atoms with Gasteiger partial charge in [0, 0.05) is 30.7 Å². The molecule has 0 saturated carbocycles. The van der Waals surface area contributed by atoms with E-state index in [-0.39, 0.29) is 29.8 Å².